The first-order valence-corrected chi connectivity index (χ1v) is 2.03. The average molecular weight is 132 g/mol. The van der Waals surface area contributed by atoms with Gasteiger partial charge in [0.25, 0.3) is 0 Å². The van der Waals surface area contributed by atoms with E-state index in [9.17, 15) is 17.6 Å². The van der Waals surface area contributed by atoms with Gasteiger partial charge in [-0.2, -0.15) is 0 Å². The van der Waals surface area contributed by atoms with E-state index in [2.05, 4.69) is 0 Å². The van der Waals surface area contributed by atoms with Crippen molar-refractivity contribution in [1.82, 2.24) is 0 Å². The third kappa shape index (κ3) is 1630. The van der Waals surface area contributed by atoms with Crippen molar-refractivity contribution in [2.24, 2.45) is 0 Å². The van der Waals surface area contributed by atoms with Crippen molar-refractivity contribution in [1.29, 1.82) is 0 Å². The number of hydrogen-bond acceptors (Lipinski definition) is 0. The molecule has 0 atom stereocenters. The van der Waals surface area contributed by atoms with Crippen LogP contribution in [0, 0.1) is 0 Å². The van der Waals surface area contributed by atoms with Crippen molar-refractivity contribution >= 4 is 0 Å². The Bertz CT molecular complexity index is 23.5. The zero-order valence-electron chi connectivity index (χ0n) is 4.67. The van der Waals surface area contributed by atoms with Crippen LogP contribution in [-0.4, -0.2) is 12.9 Å². The first kappa shape index (κ1) is 10.7. The van der Waals surface area contributed by atoms with Crippen molar-refractivity contribution in [3.05, 3.63) is 0 Å². The topological polar surface area (TPSA) is 0 Å². The van der Waals surface area contributed by atoms with E-state index in [0.29, 0.717) is 0 Å². The minimum Gasteiger partial charge on any atom is -0.211 e. The maximum Gasteiger partial charge on any atom is 0.235 e. The van der Waals surface area contributed by atoms with Crippen LogP contribution >= 0.6 is 0 Å². The Hall–Kier alpha value is -0.280. The molecule has 0 aromatic rings. The number of rotatable bonds is 0. The molecule has 8 heavy (non-hydrogen) atoms. The molecule has 0 bridgehead atoms. The molecule has 0 spiro atoms. The van der Waals surface area contributed by atoms with E-state index in [1.54, 1.807) is 0 Å². The van der Waals surface area contributed by atoms with Gasteiger partial charge >= 0.3 is 0 Å². The van der Waals surface area contributed by atoms with Gasteiger partial charge in [0.05, 0.1) is 0 Å². The summed E-state index contributed by atoms with van der Waals surface area (Å²) in [7, 11) is 0. The average Bonchev–Trinajstić information content (AvgIpc) is 1.25. The number of alkyl halides is 4. The van der Waals surface area contributed by atoms with Crippen LogP contribution in [0.25, 0.3) is 0 Å². The summed E-state index contributed by atoms with van der Waals surface area (Å²) >= 11 is 0. The molecule has 0 aromatic carbocycles. The zero-order chi connectivity index (χ0) is 7.15. The van der Waals surface area contributed by atoms with Gasteiger partial charge < -0.3 is 0 Å². The number of halogens is 4. The quantitative estimate of drug-likeness (QED) is 0.444. The van der Waals surface area contributed by atoms with E-state index < -0.39 is 12.9 Å². The van der Waals surface area contributed by atoms with Crippen molar-refractivity contribution in [2.45, 2.75) is 26.7 Å². The lowest BCUT2D eigenvalue weighted by Crippen LogP contribution is -1.69. The van der Waals surface area contributed by atoms with Gasteiger partial charge in [-0.3, -0.25) is 0 Å². The van der Waals surface area contributed by atoms with E-state index in [1.807, 2.05) is 0 Å². The Morgan fingerprint density at radius 3 is 0.750 bits per heavy atom. The molecule has 0 aliphatic heterocycles. The first-order valence-electron chi connectivity index (χ1n) is 2.03. The third-order valence-electron chi connectivity index (χ3n) is 0. The molecular formula is C4H8F4. The Balaban J connectivity index is 0. The molecule has 0 fully saturated rings. The molecule has 0 nitrogen and oxygen atoms in total. The van der Waals surface area contributed by atoms with Crippen LogP contribution in [-0.2, 0) is 0 Å². The monoisotopic (exact) mass is 132 g/mol. The van der Waals surface area contributed by atoms with E-state index >= 15 is 0 Å². The maximum absolute atomic E-state index is 10.3. The molecule has 0 saturated carbocycles. The fourth-order valence-electron chi connectivity index (χ4n) is 0. The van der Waals surface area contributed by atoms with Crippen LogP contribution < -0.4 is 0 Å². The van der Waals surface area contributed by atoms with E-state index in [-0.39, 0.29) is 0 Å². The van der Waals surface area contributed by atoms with Gasteiger partial charge in [0.15, 0.2) is 0 Å². The summed E-state index contributed by atoms with van der Waals surface area (Å²) in [5, 5.41) is 0. The predicted molar refractivity (Wildman–Crippen MR) is 23.4 cm³/mol. The molecule has 4 heteroatoms. The molecule has 0 aliphatic rings. The Labute approximate surface area is 45.5 Å². The highest BCUT2D eigenvalue weighted by Crippen LogP contribution is 1.83. The summed E-state index contributed by atoms with van der Waals surface area (Å²) in [5.41, 5.74) is 0. The summed E-state index contributed by atoms with van der Waals surface area (Å²) in [6.45, 7) is 1.67. The molecule has 0 heterocycles. The smallest absolute Gasteiger partial charge is 0.211 e. The van der Waals surface area contributed by atoms with Crippen molar-refractivity contribution in [3.63, 3.8) is 0 Å². The normalized spacial score (nSPS) is 9.00. The second kappa shape index (κ2) is 6.72. The lowest BCUT2D eigenvalue weighted by atomic mass is 10.9. The first-order chi connectivity index (χ1) is 3.46. The lowest BCUT2D eigenvalue weighted by Gasteiger charge is -1.70. The molecule has 0 N–H and O–H groups in total. The lowest BCUT2D eigenvalue weighted by molar-refractivity contribution is 0.171. The van der Waals surface area contributed by atoms with Crippen LogP contribution in [0.3, 0.4) is 0 Å². The van der Waals surface area contributed by atoms with Gasteiger partial charge in [-0.15, -0.1) is 0 Å². The standard InChI is InChI=1S/2C2H4F2/c2*1-2(3)4/h2*2H,1H3. The molecule has 0 rings (SSSR count). The predicted octanol–water partition coefficient (Wildman–Crippen LogP) is 2.54. The third-order valence-corrected chi connectivity index (χ3v) is 0. The second-order valence-corrected chi connectivity index (χ2v) is 1.04. The van der Waals surface area contributed by atoms with E-state index in [0.717, 1.165) is 13.8 Å². The summed E-state index contributed by atoms with van der Waals surface area (Å²) in [6.07, 6.45) is -4.33. The minimum atomic E-state index is -2.17. The second-order valence-electron chi connectivity index (χ2n) is 1.04. The fourth-order valence-corrected chi connectivity index (χ4v) is 0. The Morgan fingerprint density at radius 1 is 0.750 bits per heavy atom. The Morgan fingerprint density at radius 2 is 0.750 bits per heavy atom. The molecule has 0 aliphatic carbocycles. The molecule has 0 saturated heterocycles. The van der Waals surface area contributed by atoms with Crippen LogP contribution in [0.1, 0.15) is 13.8 Å². The minimum absolute atomic E-state index is 0.833. The van der Waals surface area contributed by atoms with E-state index in [4.69, 9.17) is 0 Å². The largest absolute Gasteiger partial charge is 0.235 e. The summed E-state index contributed by atoms with van der Waals surface area (Å²) in [5.74, 6) is 0. The van der Waals surface area contributed by atoms with Gasteiger partial charge in [0.1, 0.15) is 0 Å². The molecular weight excluding hydrogens is 124 g/mol. The molecule has 0 aromatic heterocycles. The van der Waals surface area contributed by atoms with Gasteiger partial charge in [-0.25, -0.2) is 17.6 Å². The fraction of sp³-hybridized carbons (Fsp3) is 1.00. The summed E-state index contributed by atoms with van der Waals surface area (Å²) in [6, 6.07) is 0. The SMILES string of the molecule is CC(F)F.CC(F)F. The molecule has 0 radical (unpaired) electrons. The van der Waals surface area contributed by atoms with Crippen molar-refractivity contribution < 1.29 is 17.6 Å². The molecule has 0 unspecified atom stereocenters. The van der Waals surface area contributed by atoms with Crippen LogP contribution in [0.5, 0.6) is 0 Å². The maximum atomic E-state index is 10.3. The highest BCUT2D eigenvalue weighted by atomic mass is 19.3. The van der Waals surface area contributed by atoms with Gasteiger partial charge in [-0.05, 0) is 13.8 Å². The highest BCUT2D eigenvalue weighted by Gasteiger charge is 1.80. The Kier molecular flexibility index (Phi) is 8.95. The van der Waals surface area contributed by atoms with Crippen LogP contribution in [0.2, 0.25) is 0 Å². The van der Waals surface area contributed by atoms with Gasteiger partial charge in [0, 0.05) is 0 Å². The zero-order valence-corrected chi connectivity index (χ0v) is 4.67. The van der Waals surface area contributed by atoms with Crippen LogP contribution in [0.15, 0.2) is 0 Å². The van der Waals surface area contributed by atoms with Crippen LogP contribution in [0.4, 0.5) is 17.6 Å². The number of hydrogen-bond donors (Lipinski definition) is 0. The van der Waals surface area contributed by atoms with Gasteiger partial charge in [-0.1, -0.05) is 0 Å². The van der Waals surface area contributed by atoms with Gasteiger partial charge in [0.2, 0.25) is 12.9 Å². The van der Waals surface area contributed by atoms with E-state index in [1.165, 1.54) is 0 Å². The summed E-state index contributed by atoms with van der Waals surface area (Å²) in [4.78, 5) is 0. The van der Waals surface area contributed by atoms with Crippen molar-refractivity contribution in [2.75, 3.05) is 0 Å². The highest BCUT2D eigenvalue weighted by molar-refractivity contribution is 4.06. The van der Waals surface area contributed by atoms with Crippen molar-refractivity contribution in [3.8, 4) is 0 Å². The molecule has 0 amide bonds. The molecule has 52 valence electrons. The summed E-state index contributed by atoms with van der Waals surface area (Å²) < 4.78 is 41.3.